The van der Waals surface area contributed by atoms with Crippen LogP contribution in [0.1, 0.15) is 41.6 Å². The molecule has 5 heteroatoms. The second kappa shape index (κ2) is 6.83. The number of carbonyl (C=O) groups is 1. The lowest BCUT2D eigenvalue weighted by atomic mass is 9.91. The van der Waals surface area contributed by atoms with Crippen molar-refractivity contribution in [1.29, 1.82) is 0 Å². The normalized spacial score (nSPS) is 22.8. The lowest BCUT2D eigenvalue weighted by molar-refractivity contribution is 0.0287. The Balaban J connectivity index is 2.11. The van der Waals surface area contributed by atoms with E-state index in [1.54, 1.807) is 6.07 Å². The highest BCUT2D eigenvalue weighted by Crippen LogP contribution is 2.24. The molecule has 0 aliphatic heterocycles. The molecule has 1 aromatic rings. The SMILES string of the molecule is CN(Cc1ccccc1C(=O)NN)C1CCCCC1O. The third-order valence-corrected chi connectivity index (χ3v) is 4.07. The second-order valence-electron chi connectivity index (χ2n) is 5.46. The zero-order valence-electron chi connectivity index (χ0n) is 11.9. The third kappa shape index (κ3) is 3.36. The monoisotopic (exact) mass is 277 g/mol. The molecule has 0 saturated heterocycles. The topological polar surface area (TPSA) is 78.6 Å². The fourth-order valence-corrected chi connectivity index (χ4v) is 2.95. The van der Waals surface area contributed by atoms with Crippen LogP contribution in [0, 0.1) is 0 Å². The molecule has 2 atom stereocenters. The van der Waals surface area contributed by atoms with Crippen LogP contribution in [0.4, 0.5) is 0 Å². The number of benzene rings is 1. The van der Waals surface area contributed by atoms with Gasteiger partial charge in [-0.2, -0.15) is 0 Å². The minimum absolute atomic E-state index is 0.165. The molecule has 1 aromatic carbocycles. The van der Waals surface area contributed by atoms with Crippen molar-refractivity contribution in [3.05, 3.63) is 35.4 Å². The number of hydrogen-bond acceptors (Lipinski definition) is 4. The van der Waals surface area contributed by atoms with Crippen LogP contribution in [0.2, 0.25) is 0 Å². The first-order chi connectivity index (χ1) is 9.63. The molecule has 0 spiro atoms. The molecule has 1 fully saturated rings. The summed E-state index contributed by atoms with van der Waals surface area (Å²) in [4.78, 5) is 13.9. The Hall–Kier alpha value is -1.43. The first kappa shape index (κ1) is 15.0. The molecule has 20 heavy (non-hydrogen) atoms. The van der Waals surface area contributed by atoms with Crippen molar-refractivity contribution in [2.24, 2.45) is 5.84 Å². The van der Waals surface area contributed by atoms with Gasteiger partial charge in [-0.15, -0.1) is 0 Å². The highest BCUT2D eigenvalue weighted by molar-refractivity contribution is 5.95. The zero-order chi connectivity index (χ0) is 14.5. The number of aliphatic hydroxyl groups is 1. The highest BCUT2D eigenvalue weighted by Gasteiger charge is 2.27. The van der Waals surface area contributed by atoms with Crippen molar-refractivity contribution in [2.75, 3.05) is 7.05 Å². The highest BCUT2D eigenvalue weighted by atomic mass is 16.3. The number of nitrogens with one attached hydrogen (secondary N) is 1. The standard InChI is InChI=1S/C15H23N3O2/c1-18(13-8-4-5-9-14(13)19)10-11-6-2-3-7-12(11)15(20)17-16/h2-3,6-7,13-14,19H,4-5,8-10,16H2,1H3,(H,17,20). The van der Waals surface area contributed by atoms with Crippen LogP contribution < -0.4 is 11.3 Å². The minimum atomic E-state index is -0.279. The Kier molecular flexibility index (Phi) is 5.11. The van der Waals surface area contributed by atoms with Crippen LogP contribution in [0.5, 0.6) is 0 Å². The summed E-state index contributed by atoms with van der Waals surface area (Å²) in [5.41, 5.74) is 3.69. The van der Waals surface area contributed by atoms with E-state index in [-0.39, 0.29) is 18.1 Å². The summed E-state index contributed by atoms with van der Waals surface area (Å²) < 4.78 is 0. The fraction of sp³-hybridized carbons (Fsp3) is 0.533. The van der Waals surface area contributed by atoms with Crippen LogP contribution in [-0.2, 0) is 6.54 Å². The summed E-state index contributed by atoms with van der Waals surface area (Å²) in [6.45, 7) is 0.630. The molecule has 0 radical (unpaired) electrons. The van der Waals surface area contributed by atoms with Crippen LogP contribution in [0.25, 0.3) is 0 Å². The van der Waals surface area contributed by atoms with Gasteiger partial charge in [-0.25, -0.2) is 5.84 Å². The number of hydrogen-bond donors (Lipinski definition) is 3. The average molecular weight is 277 g/mol. The fourth-order valence-electron chi connectivity index (χ4n) is 2.95. The number of nitrogens with zero attached hydrogens (tertiary/aromatic N) is 1. The smallest absolute Gasteiger partial charge is 0.265 e. The lowest BCUT2D eigenvalue weighted by Crippen LogP contribution is -2.43. The molecule has 1 aliphatic carbocycles. The largest absolute Gasteiger partial charge is 0.391 e. The summed E-state index contributed by atoms with van der Waals surface area (Å²) in [6.07, 6.45) is 3.83. The van der Waals surface area contributed by atoms with E-state index in [4.69, 9.17) is 5.84 Å². The summed E-state index contributed by atoms with van der Waals surface area (Å²) in [7, 11) is 2.00. The average Bonchev–Trinajstić information content (AvgIpc) is 2.47. The van der Waals surface area contributed by atoms with Crippen molar-refractivity contribution >= 4 is 5.91 Å². The predicted octanol–water partition coefficient (Wildman–Crippen LogP) is 1.03. The van der Waals surface area contributed by atoms with Gasteiger partial charge in [0, 0.05) is 18.2 Å². The van der Waals surface area contributed by atoms with Crippen molar-refractivity contribution in [2.45, 2.75) is 44.4 Å². The van der Waals surface area contributed by atoms with Gasteiger partial charge in [-0.05, 0) is 31.5 Å². The van der Waals surface area contributed by atoms with Gasteiger partial charge in [0.25, 0.3) is 5.91 Å². The Morgan fingerprint density at radius 2 is 2.10 bits per heavy atom. The molecular weight excluding hydrogens is 254 g/mol. The van der Waals surface area contributed by atoms with E-state index in [0.29, 0.717) is 12.1 Å². The summed E-state index contributed by atoms with van der Waals surface area (Å²) in [5, 5.41) is 10.1. The number of aliphatic hydroxyl groups excluding tert-OH is 1. The van der Waals surface area contributed by atoms with E-state index in [1.165, 1.54) is 0 Å². The quantitative estimate of drug-likeness (QED) is 0.436. The molecule has 2 rings (SSSR count). The van der Waals surface area contributed by atoms with Crippen LogP contribution in [-0.4, -0.2) is 35.1 Å². The number of carbonyl (C=O) groups excluding carboxylic acids is 1. The maximum Gasteiger partial charge on any atom is 0.265 e. The molecular formula is C15H23N3O2. The molecule has 5 nitrogen and oxygen atoms in total. The van der Waals surface area contributed by atoms with E-state index >= 15 is 0 Å². The molecule has 0 heterocycles. The first-order valence-corrected chi connectivity index (χ1v) is 7.10. The molecule has 0 aromatic heterocycles. The maximum absolute atomic E-state index is 11.8. The van der Waals surface area contributed by atoms with Gasteiger partial charge < -0.3 is 5.11 Å². The van der Waals surface area contributed by atoms with E-state index in [0.717, 1.165) is 31.2 Å². The van der Waals surface area contributed by atoms with Crippen LogP contribution >= 0.6 is 0 Å². The van der Waals surface area contributed by atoms with E-state index in [9.17, 15) is 9.90 Å². The molecule has 2 unspecified atom stereocenters. The van der Waals surface area contributed by atoms with Crippen LogP contribution in [0.3, 0.4) is 0 Å². The van der Waals surface area contributed by atoms with Gasteiger partial charge in [0.2, 0.25) is 0 Å². The number of likely N-dealkylation sites (N-methyl/N-ethyl adjacent to an activating group) is 1. The van der Waals surface area contributed by atoms with Crippen molar-refractivity contribution in [1.82, 2.24) is 10.3 Å². The molecule has 110 valence electrons. The van der Waals surface area contributed by atoms with E-state index < -0.39 is 0 Å². The number of rotatable bonds is 4. The van der Waals surface area contributed by atoms with Gasteiger partial charge in [-0.1, -0.05) is 31.0 Å². The number of amides is 1. The number of hydrazine groups is 1. The van der Waals surface area contributed by atoms with E-state index in [1.807, 2.05) is 25.2 Å². The Morgan fingerprint density at radius 1 is 1.40 bits per heavy atom. The van der Waals surface area contributed by atoms with Gasteiger partial charge in [0.15, 0.2) is 0 Å². The van der Waals surface area contributed by atoms with Crippen LogP contribution in [0.15, 0.2) is 24.3 Å². The number of nitrogen functional groups attached to an aromatic ring is 1. The second-order valence-corrected chi connectivity index (χ2v) is 5.46. The first-order valence-electron chi connectivity index (χ1n) is 7.10. The summed E-state index contributed by atoms with van der Waals surface area (Å²) >= 11 is 0. The molecule has 1 aliphatic rings. The molecule has 0 bridgehead atoms. The van der Waals surface area contributed by atoms with Gasteiger partial charge in [0.05, 0.1) is 6.10 Å². The van der Waals surface area contributed by atoms with Crippen molar-refractivity contribution in [3.63, 3.8) is 0 Å². The molecule has 1 saturated carbocycles. The molecule has 1 amide bonds. The third-order valence-electron chi connectivity index (χ3n) is 4.07. The zero-order valence-corrected chi connectivity index (χ0v) is 11.9. The maximum atomic E-state index is 11.8. The predicted molar refractivity (Wildman–Crippen MR) is 77.8 cm³/mol. The number of nitrogens with two attached hydrogens (primary N) is 1. The summed E-state index contributed by atoms with van der Waals surface area (Å²) in [6, 6.07) is 7.59. The van der Waals surface area contributed by atoms with Crippen molar-refractivity contribution < 1.29 is 9.90 Å². The van der Waals surface area contributed by atoms with Crippen molar-refractivity contribution in [3.8, 4) is 0 Å². The Morgan fingerprint density at radius 3 is 2.80 bits per heavy atom. The Labute approximate surface area is 119 Å². The Bertz CT molecular complexity index is 464. The van der Waals surface area contributed by atoms with E-state index in [2.05, 4.69) is 10.3 Å². The lowest BCUT2D eigenvalue weighted by Gasteiger charge is -2.35. The summed E-state index contributed by atoms with van der Waals surface area (Å²) in [5.74, 6) is 4.94. The molecule has 4 N–H and O–H groups in total. The minimum Gasteiger partial charge on any atom is -0.391 e. The van der Waals surface area contributed by atoms with Gasteiger partial charge in [-0.3, -0.25) is 15.1 Å². The van der Waals surface area contributed by atoms with Gasteiger partial charge >= 0.3 is 0 Å². The van der Waals surface area contributed by atoms with Gasteiger partial charge in [0.1, 0.15) is 0 Å².